The number of nitrogens with zero attached hydrogens (tertiary/aromatic N) is 5. The zero-order valence-corrected chi connectivity index (χ0v) is 35.7. The number of hydrogen-bond donors (Lipinski definition) is 1. The van der Waals surface area contributed by atoms with E-state index in [4.69, 9.17) is 25.8 Å². The third kappa shape index (κ3) is 6.68. The molecule has 3 aliphatic rings. The molecule has 5 aromatic carbocycles. The number of halogens is 1. The smallest absolute Gasteiger partial charge is 0.266 e. The zero-order valence-electron chi connectivity index (χ0n) is 33.9. The van der Waals surface area contributed by atoms with Crippen LogP contribution in [0, 0.1) is 5.92 Å². The Bertz CT molecular complexity index is 2600. The minimum absolute atomic E-state index is 0.00426. The molecule has 0 radical (unpaired) electrons. The quantitative estimate of drug-likeness (QED) is 0.129. The molecule has 3 aliphatic heterocycles. The Hall–Kier alpha value is -5.79. The highest BCUT2D eigenvalue weighted by Gasteiger charge is 2.66. The van der Waals surface area contributed by atoms with Crippen molar-refractivity contribution in [2.24, 2.45) is 5.92 Å². The highest BCUT2D eigenvalue weighted by molar-refractivity contribution is 6.91. The summed E-state index contributed by atoms with van der Waals surface area (Å²) in [5, 5.41) is 19.8. The van der Waals surface area contributed by atoms with E-state index in [0.717, 1.165) is 28.3 Å². The Labute approximate surface area is 355 Å². The van der Waals surface area contributed by atoms with Crippen molar-refractivity contribution >= 4 is 53.7 Å². The average Bonchev–Trinajstić information content (AvgIpc) is 3.87. The zero-order chi connectivity index (χ0) is 41.8. The third-order valence-electron chi connectivity index (χ3n) is 12.6. The first kappa shape index (κ1) is 39.7. The molecule has 11 nitrogen and oxygen atoms in total. The van der Waals surface area contributed by atoms with Gasteiger partial charge in [-0.05, 0) is 84.3 Å². The molecule has 0 saturated carbocycles. The van der Waals surface area contributed by atoms with Crippen LogP contribution in [0.4, 0.5) is 17.1 Å². The maximum absolute atomic E-state index is 15.5. The van der Waals surface area contributed by atoms with E-state index in [1.807, 2.05) is 102 Å². The Morgan fingerprint density at radius 2 is 1.67 bits per heavy atom. The molecule has 1 N–H and O–H groups in total. The SMILES string of the molecule is COc1ccc([Si](C)(C)[C@@H]2[C@@H](CCn3cc(CCO)nn3)O[C@]3(C(=O)N(Cc4cccc(N5C(=O)c6ccccc6Oc6ccccc65)c4)c4ccc(Cl)cc43)[C@H]2C)cc1. The van der Waals surface area contributed by atoms with E-state index >= 15 is 4.79 Å². The molecule has 1 spiro atoms. The molecular formula is C47H46ClN5O6Si. The van der Waals surface area contributed by atoms with Crippen LogP contribution < -0.4 is 24.5 Å². The van der Waals surface area contributed by atoms with Crippen molar-refractivity contribution in [3.8, 4) is 17.2 Å². The Kier molecular flexibility index (Phi) is 10.4. The van der Waals surface area contributed by atoms with Crippen molar-refractivity contribution in [2.45, 2.75) is 63.2 Å². The number of carbonyl (C=O) groups is 2. The number of ether oxygens (including phenoxy) is 3. The van der Waals surface area contributed by atoms with Crippen molar-refractivity contribution in [1.29, 1.82) is 0 Å². The number of anilines is 3. The molecular weight excluding hydrogens is 794 g/mol. The van der Waals surface area contributed by atoms with Crippen molar-refractivity contribution in [3.05, 3.63) is 149 Å². The standard InChI is InChI=1S/C47H46ClN5O6Si/c1-30-44(60(3,4)36-19-17-35(57-2)18-20-36)43(22-24-51-29-33(23-25-54)49-50-51)59-47(30)38-27-32(48)16-21-39(38)52(46(47)56)28-31-10-9-11-34(26-31)53-40-13-6-8-15-42(40)58-41-14-7-5-12-37(41)45(53)55/h5-21,26-27,29-30,43-44,54H,22-25,28H2,1-4H3/t30-,43+,44-,47+/m0/s1. The molecule has 2 amide bonds. The van der Waals surface area contributed by atoms with E-state index in [2.05, 4.69) is 42.5 Å². The summed E-state index contributed by atoms with van der Waals surface area (Å²) in [7, 11) is -0.745. The van der Waals surface area contributed by atoms with Crippen LogP contribution in [0.1, 0.15) is 40.5 Å². The van der Waals surface area contributed by atoms with Gasteiger partial charge in [0, 0.05) is 48.0 Å². The number of para-hydroxylation sites is 3. The summed E-state index contributed by atoms with van der Waals surface area (Å²) in [5.74, 6) is 1.25. The van der Waals surface area contributed by atoms with E-state index in [1.165, 1.54) is 5.19 Å². The predicted molar refractivity (Wildman–Crippen MR) is 234 cm³/mol. The number of aliphatic hydroxyl groups is 1. The molecule has 6 aromatic rings. The number of hydrogen-bond acceptors (Lipinski definition) is 8. The van der Waals surface area contributed by atoms with Gasteiger partial charge in [0.1, 0.15) is 11.5 Å². The van der Waals surface area contributed by atoms with Gasteiger partial charge in [-0.2, -0.15) is 0 Å². The first-order valence-corrected chi connectivity index (χ1v) is 23.7. The summed E-state index contributed by atoms with van der Waals surface area (Å²) in [6.45, 7) is 7.62. The number of aliphatic hydroxyl groups excluding tert-OH is 1. The molecule has 9 rings (SSSR count). The molecule has 13 heteroatoms. The van der Waals surface area contributed by atoms with Gasteiger partial charge in [-0.25, -0.2) is 0 Å². The second-order valence-electron chi connectivity index (χ2n) is 16.3. The molecule has 60 heavy (non-hydrogen) atoms. The monoisotopic (exact) mass is 839 g/mol. The van der Waals surface area contributed by atoms with Crippen molar-refractivity contribution < 1.29 is 28.9 Å². The van der Waals surface area contributed by atoms with E-state index in [-0.39, 0.29) is 42.5 Å². The molecule has 1 aromatic heterocycles. The summed E-state index contributed by atoms with van der Waals surface area (Å²) < 4.78 is 20.9. The van der Waals surface area contributed by atoms with Gasteiger partial charge in [0.15, 0.2) is 11.4 Å². The highest BCUT2D eigenvalue weighted by Crippen LogP contribution is 2.60. The minimum Gasteiger partial charge on any atom is -0.497 e. The Morgan fingerprint density at radius 1 is 0.900 bits per heavy atom. The normalized spacial score (nSPS) is 20.8. The van der Waals surface area contributed by atoms with Gasteiger partial charge in [0.2, 0.25) is 0 Å². The van der Waals surface area contributed by atoms with E-state index in [1.54, 1.807) is 28.8 Å². The topological polar surface area (TPSA) is 119 Å². The van der Waals surface area contributed by atoms with Crippen molar-refractivity contribution in [3.63, 3.8) is 0 Å². The lowest BCUT2D eigenvalue weighted by Crippen LogP contribution is -2.51. The number of carbonyl (C=O) groups excluding carboxylic acids is 2. The molecule has 4 atom stereocenters. The van der Waals surface area contributed by atoms with E-state index in [9.17, 15) is 9.90 Å². The fraction of sp³-hybridized carbons (Fsp3) is 0.277. The van der Waals surface area contributed by atoms with Crippen LogP contribution in [0.5, 0.6) is 17.2 Å². The Morgan fingerprint density at radius 3 is 2.45 bits per heavy atom. The lowest BCUT2D eigenvalue weighted by atomic mass is 9.82. The molecule has 0 bridgehead atoms. The van der Waals surface area contributed by atoms with Crippen LogP contribution in [0.15, 0.2) is 121 Å². The number of rotatable bonds is 11. The molecule has 1 saturated heterocycles. The first-order chi connectivity index (χ1) is 29.0. The van der Waals surface area contributed by atoms with Crippen LogP contribution >= 0.6 is 11.6 Å². The van der Waals surface area contributed by atoms with Crippen molar-refractivity contribution in [2.75, 3.05) is 23.5 Å². The number of methoxy groups -OCH3 is 1. The number of amides is 2. The summed E-state index contributed by atoms with van der Waals surface area (Å²) in [5.41, 5.74) is 3.47. The van der Waals surface area contributed by atoms with Gasteiger partial charge >= 0.3 is 0 Å². The molecule has 1 fully saturated rings. The second kappa shape index (κ2) is 15.7. The van der Waals surface area contributed by atoms with Crippen LogP contribution in [-0.4, -0.2) is 59.8 Å². The van der Waals surface area contributed by atoms with Gasteiger partial charge in [0.25, 0.3) is 11.8 Å². The van der Waals surface area contributed by atoms with Crippen LogP contribution in [-0.2, 0) is 34.6 Å². The number of benzene rings is 5. The summed E-state index contributed by atoms with van der Waals surface area (Å²) >= 11 is 6.78. The predicted octanol–water partition coefficient (Wildman–Crippen LogP) is 8.41. The summed E-state index contributed by atoms with van der Waals surface area (Å²) in [4.78, 5) is 33.3. The maximum Gasteiger partial charge on any atom is 0.266 e. The molecule has 0 unspecified atom stereocenters. The maximum atomic E-state index is 15.5. The third-order valence-corrected chi connectivity index (χ3v) is 17.1. The van der Waals surface area contributed by atoms with Gasteiger partial charge in [-0.3, -0.25) is 19.2 Å². The second-order valence-corrected chi connectivity index (χ2v) is 21.4. The summed E-state index contributed by atoms with van der Waals surface area (Å²) in [6.07, 6.45) is 2.57. The highest BCUT2D eigenvalue weighted by atomic mass is 35.5. The van der Waals surface area contributed by atoms with Crippen LogP contribution in [0.25, 0.3) is 0 Å². The Balaban J connectivity index is 1.09. The molecule has 0 aliphatic carbocycles. The molecule has 4 heterocycles. The first-order valence-electron chi connectivity index (χ1n) is 20.3. The van der Waals surface area contributed by atoms with E-state index < -0.39 is 13.7 Å². The van der Waals surface area contributed by atoms with Crippen LogP contribution in [0.2, 0.25) is 23.7 Å². The lowest BCUT2D eigenvalue weighted by Gasteiger charge is -2.37. The number of aryl methyl sites for hydroxylation is 1. The average molecular weight is 840 g/mol. The van der Waals surface area contributed by atoms with E-state index in [0.29, 0.717) is 52.8 Å². The fourth-order valence-corrected chi connectivity index (χ4v) is 13.9. The number of aromatic nitrogens is 3. The van der Waals surface area contributed by atoms with Gasteiger partial charge in [0.05, 0.1) is 50.5 Å². The van der Waals surface area contributed by atoms with Gasteiger partial charge in [-0.15, -0.1) is 5.10 Å². The fourth-order valence-electron chi connectivity index (χ4n) is 9.69. The lowest BCUT2D eigenvalue weighted by molar-refractivity contribution is -0.146. The molecule has 306 valence electrons. The largest absolute Gasteiger partial charge is 0.497 e. The summed E-state index contributed by atoms with van der Waals surface area (Å²) in [6, 6.07) is 36.4. The van der Waals surface area contributed by atoms with Gasteiger partial charge < -0.3 is 24.2 Å². The minimum atomic E-state index is -2.41. The van der Waals surface area contributed by atoms with Gasteiger partial charge in [-0.1, -0.05) is 90.5 Å². The van der Waals surface area contributed by atoms with Crippen molar-refractivity contribution in [1.82, 2.24) is 15.0 Å². The van der Waals surface area contributed by atoms with Crippen LogP contribution in [0.3, 0.4) is 0 Å². The number of fused-ring (bicyclic) bond motifs is 4.